The maximum atomic E-state index is 12.8. The molecule has 2 aromatic rings. The molecule has 13 heteroatoms. The van der Waals surface area contributed by atoms with Gasteiger partial charge < -0.3 is 11.1 Å². The maximum Gasteiger partial charge on any atom is 0.250 e. The lowest BCUT2D eigenvalue weighted by Crippen LogP contribution is -2.50. The number of piperazine rings is 1. The first-order valence-corrected chi connectivity index (χ1v) is 12.5. The van der Waals surface area contributed by atoms with E-state index in [1.807, 2.05) is 0 Å². The molecule has 0 radical (unpaired) electrons. The van der Waals surface area contributed by atoms with Crippen molar-refractivity contribution < 1.29 is 26.4 Å². The van der Waals surface area contributed by atoms with E-state index in [4.69, 9.17) is 10.9 Å². The number of nitrogens with two attached hydrogens (primary N) is 2. The van der Waals surface area contributed by atoms with E-state index in [9.17, 15) is 26.4 Å². The van der Waals surface area contributed by atoms with Crippen molar-refractivity contribution in [1.29, 1.82) is 0 Å². The van der Waals surface area contributed by atoms with Gasteiger partial charge in [0.1, 0.15) is 0 Å². The maximum absolute atomic E-state index is 12.8. The number of carbonyl (C=O) groups excluding carboxylic acids is 2. The molecule has 3 rings (SSSR count). The van der Waals surface area contributed by atoms with E-state index in [1.165, 1.54) is 22.5 Å². The molecule has 0 unspecified atom stereocenters. The first-order chi connectivity index (χ1) is 15.0. The lowest BCUT2D eigenvalue weighted by atomic mass is 10.1. The Labute approximate surface area is 186 Å². The predicted molar refractivity (Wildman–Crippen MR) is 117 cm³/mol. The first kappa shape index (κ1) is 23.8. The number of anilines is 1. The average Bonchev–Trinajstić information content (AvgIpc) is 2.74. The zero-order chi connectivity index (χ0) is 23.5. The van der Waals surface area contributed by atoms with Crippen molar-refractivity contribution in [3.63, 3.8) is 0 Å². The molecule has 32 heavy (non-hydrogen) atoms. The van der Waals surface area contributed by atoms with E-state index in [2.05, 4.69) is 5.32 Å². The highest BCUT2D eigenvalue weighted by atomic mass is 32.2. The third-order valence-electron chi connectivity index (χ3n) is 4.96. The van der Waals surface area contributed by atoms with Crippen molar-refractivity contribution in [1.82, 2.24) is 9.21 Å². The summed E-state index contributed by atoms with van der Waals surface area (Å²) in [5.74, 6) is -1.01. The van der Waals surface area contributed by atoms with Gasteiger partial charge in [-0.1, -0.05) is 12.1 Å². The molecule has 5 N–H and O–H groups in total. The Hall–Kier alpha value is -2.84. The number of carbonyl (C=O) groups is 2. The van der Waals surface area contributed by atoms with Crippen LogP contribution in [0, 0.1) is 0 Å². The molecular formula is C19H23N5O6S2. The molecule has 1 aliphatic heterocycles. The molecule has 0 aromatic heterocycles. The smallest absolute Gasteiger partial charge is 0.250 e. The van der Waals surface area contributed by atoms with Crippen molar-refractivity contribution in [2.24, 2.45) is 10.9 Å². The quantitative estimate of drug-likeness (QED) is 0.472. The van der Waals surface area contributed by atoms with Crippen LogP contribution in [0.15, 0.2) is 58.3 Å². The second kappa shape index (κ2) is 9.34. The number of primary sulfonamides is 1. The average molecular weight is 482 g/mol. The van der Waals surface area contributed by atoms with E-state index in [-0.39, 0.29) is 40.9 Å². The monoisotopic (exact) mass is 481 g/mol. The van der Waals surface area contributed by atoms with Crippen LogP contribution in [0.4, 0.5) is 5.69 Å². The van der Waals surface area contributed by atoms with E-state index >= 15 is 0 Å². The molecule has 0 aliphatic carbocycles. The number of hydrogen-bond acceptors (Lipinski definition) is 7. The summed E-state index contributed by atoms with van der Waals surface area (Å²) in [7, 11) is -7.74. The van der Waals surface area contributed by atoms with Gasteiger partial charge in [-0.05, 0) is 36.4 Å². The van der Waals surface area contributed by atoms with Crippen LogP contribution < -0.4 is 16.2 Å². The first-order valence-electron chi connectivity index (χ1n) is 9.52. The number of benzene rings is 2. The summed E-state index contributed by atoms with van der Waals surface area (Å²) >= 11 is 0. The highest BCUT2D eigenvalue weighted by molar-refractivity contribution is 7.89. The number of para-hydroxylation sites is 1. The Balaban J connectivity index is 1.59. The zero-order valence-corrected chi connectivity index (χ0v) is 18.6. The predicted octanol–water partition coefficient (Wildman–Crippen LogP) is -0.622. The molecule has 11 nitrogen and oxygen atoms in total. The van der Waals surface area contributed by atoms with Crippen molar-refractivity contribution in [3.8, 4) is 0 Å². The summed E-state index contributed by atoms with van der Waals surface area (Å²) in [6.45, 7) is 0.970. The van der Waals surface area contributed by atoms with E-state index < -0.39 is 26.0 Å². The van der Waals surface area contributed by atoms with Crippen LogP contribution in [0.1, 0.15) is 10.4 Å². The van der Waals surface area contributed by atoms with Crippen LogP contribution in [-0.4, -0.2) is 70.6 Å². The third kappa shape index (κ3) is 5.49. The molecule has 1 fully saturated rings. The van der Waals surface area contributed by atoms with Gasteiger partial charge in [-0.25, -0.2) is 22.0 Å². The van der Waals surface area contributed by atoms with Gasteiger partial charge in [0.2, 0.25) is 26.0 Å². The van der Waals surface area contributed by atoms with Crippen LogP contribution in [0.25, 0.3) is 0 Å². The van der Waals surface area contributed by atoms with E-state index in [0.717, 1.165) is 12.1 Å². The Morgan fingerprint density at radius 1 is 0.875 bits per heavy atom. The summed E-state index contributed by atoms with van der Waals surface area (Å²) < 4.78 is 49.6. The second-order valence-electron chi connectivity index (χ2n) is 7.15. The molecule has 2 amide bonds. The number of nitrogens with zero attached hydrogens (tertiary/aromatic N) is 2. The van der Waals surface area contributed by atoms with Gasteiger partial charge in [0.25, 0.3) is 5.91 Å². The molecule has 1 saturated heterocycles. The molecular weight excluding hydrogens is 458 g/mol. The second-order valence-corrected chi connectivity index (χ2v) is 10.7. The van der Waals surface area contributed by atoms with Crippen LogP contribution in [0.3, 0.4) is 0 Å². The molecule has 0 spiro atoms. The van der Waals surface area contributed by atoms with Gasteiger partial charge in [0.05, 0.1) is 27.6 Å². The summed E-state index contributed by atoms with van der Waals surface area (Å²) in [6, 6.07) is 11.1. The summed E-state index contributed by atoms with van der Waals surface area (Å²) in [6.07, 6.45) is 0. The number of primary amides is 1. The fourth-order valence-electron chi connectivity index (χ4n) is 3.28. The van der Waals surface area contributed by atoms with Gasteiger partial charge in [-0.3, -0.25) is 14.5 Å². The summed E-state index contributed by atoms with van der Waals surface area (Å²) in [5.41, 5.74) is 5.82. The van der Waals surface area contributed by atoms with Crippen LogP contribution in [0.2, 0.25) is 0 Å². The molecule has 1 aliphatic rings. The Bertz CT molecular complexity index is 1220. The standard InChI is InChI=1S/C19H23N5O6S2/c20-19(26)16-3-1-2-4-17(16)22-18(25)13-23-9-11-24(12-10-23)32(29,30)15-7-5-14(6-8-15)31(21,27)28/h1-8H,9-13H2,(H2,20,26)(H,22,25)(H2,21,27,28). The van der Waals surface area contributed by atoms with Crippen LogP contribution in [0.5, 0.6) is 0 Å². The topological polar surface area (TPSA) is 173 Å². The number of hydrogen-bond donors (Lipinski definition) is 3. The minimum Gasteiger partial charge on any atom is -0.366 e. The van der Waals surface area contributed by atoms with E-state index in [1.54, 1.807) is 23.1 Å². The number of amides is 2. The molecule has 2 aromatic carbocycles. The van der Waals surface area contributed by atoms with Crippen molar-refractivity contribution in [3.05, 3.63) is 54.1 Å². The minimum atomic E-state index is -3.92. The van der Waals surface area contributed by atoms with Crippen molar-refractivity contribution in [2.75, 3.05) is 38.0 Å². The lowest BCUT2D eigenvalue weighted by molar-refractivity contribution is -0.117. The number of nitrogens with one attached hydrogen (secondary N) is 1. The Morgan fingerprint density at radius 3 is 2.00 bits per heavy atom. The third-order valence-corrected chi connectivity index (χ3v) is 7.80. The van der Waals surface area contributed by atoms with Gasteiger partial charge in [0.15, 0.2) is 0 Å². The van der Waals surface area contributed by atoms with Crippen molar-refractivity contribution >= 4 is 37.5 Å². The molecule has 1 heterocycles. The fraction of sp³-hybridized carbons (Fsp3) is 0.263. The SMILES string of the molecule is NC(=O)c1ccccc1NC(=O)CN1CCN(S(=O)(=O)c2ccc(S(N)(=O)=O)cc2)CC1. The minimum absolute atomic E-state index is 0.0179. The normalized spacial score (nSPS) is 15.9. The summed E-state index contributed by atoms with van der Waals surface area (Å²) in [4.78, 5) is 25.4. The van der Waals surface area contributed by atoms with Gasteiger partial charge in [-0.15, -0.1) is 0 Å². The fourth-order valence-corrected chi connectivity index (χ4v) is 5.22. The molecule has 0 atom stereocenters. The van der Waals surface area contributed by atoms with E-state index in [0.29, 0.717) is 18.8 Å². The molecule has 0 bridgehead atoms. The summed E-state index contributed by atoms with van der Waals surface area (Å²) in [5, 5.41) is 7.69. The van der Waals surface area contributed by atoms with Gasteiger partial charge in [-0.2, -0.15) is 4.31 Å². The number of rotatable bonds is 7. The van der Waals surface area contributed by atoms with Gasteiger partial charge in [0, 0.05) is 26.2 Å². The lowest BCUT2D eigenvalue weighted by Gasteiger charge is -2.33. The zero-order valence-electron chi connectivity index (χ0n) is 17.0. The van der Waals surface area contributed by atoms with Crippen LogP contribution >= 0.6 is 0 Å². The Kier molecular flexibility index (Phi) is 6.95. The van der Waals surface area contributed by atoms with Crippen LogP contribution in [-0.2, 0) is 24.8 Å². The molecule has 172 valence electrons. The number of sulfonamides is 2. The van der Waals surface area contributed by atoms with Gasteiger partial charge >= 0.3 is 0 Å². The largest absolute Gasteiger partial charge is 0.366 e. The highest BCUT2D eigenvalue weighted by Gasteiger charge is 2.29. The Morgan fingerprint density at radius 2 is 1.44 bits per heavy atom. The van der Waals surface area contributed by atoms with Crippen molar-refractivity contribution in [2.45, 2.75) is 9.79 Å². The highest BCUT2D eigenvalue weighted by Crippen LogP contribution is 2.20. The molecule has 0 saturated carbocycles.